The summed E-state index contributed by atoms with van der Waals surface area (Å²) in [6.07, 6.45) is 2.13. The van der Waals surface area contributed by atoms with Crippen LogP contribution in [0.3, 0.4) is 0 Å². The smallest absolute Gasteiger partial charge is 0.340 e. The molecule has 1 aromatic carbocycles. The molecule has 0 unspecified atom stereocenters. The van der Waals surface area contributed by atoms with Crippen LogP contribution < -0.4 is 5.73 Å². The fourth-order valence-electron chi connectivity index (χ4n) is 2.78. The molecule has 0 saturated carbocycles. The summed E-state index contributed by atoms with van der Waals surface area (Å²) >= 11 is 0. The number of aromatic nitrogens is 2. The molecular formula is C14H17N4O. The number of nitrogens with two attached hydrogens (primary N) is 1. The number of hydrogen-bond acceptors (Lipinski definition) is 3. The largest absolute Gasteiger partial charge is 0.350 e. The van der Waals surface area contributed by atoms with E-state index in [1.807, 2.05) is 12.1 Å². The average Bonchev–Trinajstić information content (AvgIpc) is 2.79. The van der Waals surface area contributed by atoms with Crippen molar-refractivity contribution in [1.29, 1.82) is 0 Å². The standard InChI is InChI=1S/C14H17N4O/c1-17-8-6-10(7-9-17)13-11-4-2-3-5-12(11)18(16-13)14(15)19/h3-5,10H,6-9H2,1H3,(H2,15,19). The maximum absolute atomic E-state index is 11.5. The average molecular weight is 257 g/mol. The molecule has 0 bridgehead atoms. The molecule has 0 aliphatic carbocycles. The first-order valence-electron chi connectivity index (χ1n) is 6.54. The van der Waals surface area contributed by atoms with Gasteiger partial charge in [-0.05, 0) is 51.2 Å². The summed E-state index contributed by atoms with van der Waals surface area (Å²) in [6.45, 7) is 2.12. The molecule has 1 aliphatic rings. The Morgan fingerprint density at radius 2 is 2.21 bits per heavy atom. The van der Waals surface area contributed by atoms with E-state index in [0.717, 1.165) is 42.5 Å². The van der Waals surface area contributed by atoms with Gasteiger partial charge in [0.15, 0.2) is 0 Å². The second kappa shape index (κ2) is 4.66. The van der Waals surface area contributed by atoms with Crippen molar-refractivity contribution in [2.45, 2.75) is 18.8 Å². The number of nitrogens with zero attached hydrogens (tertiary/aromatic N) is 3. The third-order valence-corrected chi connectivity index (χ3v) is 3.87. The highest BCUT2D eigenvalue weighted by molar-refractivity contribution is 5.91. The summed E-state index contributed by atoms with van der Waals surface area (Å²) in [7, 11) is 2.13. The van der Waals surface area contributed by atoms with Crippen LogP contribution in [0.1, 0.15) is 24.5 Å². The number of primary amides is 1. The van der Waals surface area contributed by atoms with Crippen LogP contribution in [0.2, 0.25) is 0 Å². The van der Waals surface area contributed by atoms with Gasteiger partial charge in [0.2, 0.25) is 0 Å². The number of hydrogen-bond donors (Lipinski definition) is 1. The summed E-state index contributed by atoms with van der Waals surface area (Å²) in [4.78, 5) is 13.8. The van der Waals surface area contributed by atoms with Crippen molar-refractivity contribution in [3.8, 4) is 0 Å². The fourth-order valence-corrected chi connectivity index (χ4v) is 2.78. The van der Waals surface area contributed by atoms with Gasteiger partial charge in [0, 0.05) is 11.3 Å². The quantitative estimate of drug-likeness (QED) is 0.843. The van der Waals surface area contributed by atoms with Gasteiger partial charge in [-0.25, -0.2) is 4.79 Å². The second-order valence-electron chi connectivity index (χ2n) is 5.16. The molecule has 1 aromatic heterocycles. The van der Waals surface area contributed by atoms with Crippen molar-refractivity contribution < 1.29 is 4.79 Å². The molecule has 0 spiro atoms. The summed E-state index contributed by atoms with van der Waals surface area (Å²) in [5, 5.41) is 5.44. The van der Waals surface area contributed by atoms with Crippen LogP contribution in [0, 0.1) is 6.07 Å². The van der Waals surface area contributed by atoms with Crippen molar-refractivity contribution in [1.82, 2.24) is 14.7 Å². The van der Waals surface area contributed by atoms with Crippen molar-refractivity contribution in [3.05, 3.63) is 30.0 Å². The highest BCUT2D eigenvalue weighted by atomic mass is 16.2. The Kier molecular flexibility index (Phi) is 2.98. The fraction of sp³-hybridized carbons (Fsp3) is 0.429. The van der Waals surface area contributed by atoms with E-state index < -0.39 is 6.03 Å². The van der Waals surface area contributed by atoms with Crippen molar-refractivity contribution in [2.24, 2.45) is 5.73 Å². The zero-order chi connectivity index (χ0) is 13.4. The molecular weight excluding hydrogens is 240 g/mol. The first-order chi connectivity index (χ1) is 9.16. The Morgan fingerprint density at radius 1 is 1.47 bits per heavy atom. The zero-order valence-electron chi connectivity index (χ0n) is 11.0. The first-order valence-corrected chi connectivity index (χ1v) is 6.54. The Labute approximate surface area is 112 Å². The van der Waals surface area contributed by atoms with Gasteiger partial charge < -0.3 is 10.6 Å². The summed E-state index contributed by atoms with van der Waals surface area (Å²) in [5.41, 5.74) is 7.15. The van der Waals surface area contributed by atoms with E-state index in [0.29, 0.717) is 5.92 Å². The maximum Gasteiger partial charge on any atom is 0.340 e. The second-order valence-corrected chi connectivity index (χ2v) is 5.16. The van der Waals surface area contributed by atoms with Crippen LogP contribution in [0.25, 0.3) is 10.9 Å². The molecule has 5 heteroatoms. The van der Waals surface area contributed by atoms with Crippen LogP contribution >= 0.6 is 0 Å². The molecule has 2 aromatic rings. The Bertz CT molecular complexity index is 611. The summed E-state index contributed by atoms with van der Waals surface area (Å²) in [6, 6.07) is 8.04. The molecule has 1 saturated heterocycles. The van der Waals surface area contributed by atoms with E-state index in [4.69, 9.17) is 5.73 Å². The molecule has 19 heavy (non-hydrogen) atoms. The lowest BCUT2D eigenvalue weighted by Gasteiger charge is -2.27. The van der Waals surface area contributed by atoms with Gasteiger partial charge in [-0.3, -0.25) is 0 Å². The lowest BCUT2D eigenvalue weighted by molar-refractivity contribution is 0.246. The molecule has 1 fully saturated rings. The normalized spacial score (nSPS) is 17.9. The molecule has 0 atom stereocenters. The van der Waals surface area contributed by atoms with Gasteiger partial charge >= 0.3 is 6.03 Å². The van der Waals surface area contributed by atoms with Crippen LogP contribution in [0.4, 0.5) is 4.79 Å². The SMILES string of the molecule is CN1CCC(c2nn(C(N)=O)c3cc[c]cc23)CC1. The number of carbonyl (C=O) groups is 1. The number of rotatable bonds is 1. The monoisotopic (exact) mass is 257 g/mol. The van der Waals surface area contributed by atoms with Crippen LogP contribution in [0.5, 0.6) is 0 Å². The Balaban J connectivity index is 2.06. The molecule has 1 aliphatic heterocycles. The summed E-state index contributed by atoms with van der Waals surface area (Å²) < 4.78 is 1.30. The highest BCUT2D eigenvalue weighted by Crippen LogP contribution is 2.31. The third-order valence-electron chi connectivity index (χ3n) is 3.87. The number of fused-ring (bicyclic) bond motifs is 1. The van der Waals surface area contributed by atoms with Crippen molar-refractivity contribution in [2.75, 3.05) is 20.1 Å². The van der Waals surface area contributed by atoms with Crippen LogP contribution in [-0.2, 0) is 0 Å². The Morgan fingerprint density at radius 3 is 2.89 bits per heavy atom. The van der Waals surface area contributed by atoms with E-state index in [2.05, 4.69) is 23.1 Å². The van der Waals surface area contributed by atoms with Crippen molar-refractivity contribution in [3.63, 3.8) is 0 Å². The molecule has 1 amide bonds. The van der Waals surface area contributed by atoms with E-state index in [1.54, 1.807) is 6.07 Å². The van der Waals surface area contributed by atoms with E-state index in [-0.39, 0.29) is 0 Å². The first kappa shape index (κ1) is 12.2. The van der Waals surface area contributed by atoms with Gasteiger partial charge in [0.25, 0.3) is 0 Å². The predicted molar refractivity (Wildman–Crippen MR) is 73.0 cm³/mol. The van der Waals surface area contributed by atoms with E-state index in [1.165, 1.54) is 4.68 Å². The summed E-state index contributed by atoms with van der Waals surface area (Å²) in [5.74, 6) is 0.398. The van der Waals surface area contributed by atoms with Gasteiger partial charge in [0.1, 0.15) is 0 Å². The van der Waals surface area contributed by atoms with Gasteiger partial charge in [-0.2, -0.15) is 9.78 Å². The van der Waals surface area contributed by atoms with Crippen LogP contribution in [-0.4, -0.2) is 40.8 Å². The number of amides is 1. The van der Waals surface area contributed by atoms with Gasteiger partial charge in [-0.1, -0.05) is 6.07 Å². The van der Waals surface area contributed by atoms with Crippen molar-refractivity contribution >= 4 is 16.9 Å². The number of benzene rings is 1. The van der Waals surface area contributed by atoms with E-state index in [9.17, 15) is 4.79 Å². The number of carbonyl (C=O) groups excluding carboxylic acids is 1. The maximum atomic E-state index is 11.5. The van der Waals surface area contributed by atoms with Gasteiger partial charge in [0.05, 0.1) is 11.2 Å². The number of likely N-dealkylation sites (tertiary alicyclic amines) is 1. The molecule has 99 valence electrons. The minimum atomic E-state index is -0.532. The van der Waals surface area contributed by atoms with E-state index >= 15 is 0 Å². The molecule has 1 radical (unpaired) electrons. The zero-order valence-corrected chi connectivity index (χ0v) is 11.0. The molecule has 2 heterocycles. The minimum Gasteiger partial charge on any atom is -0.350 e. The molecule has 3 rings (SSSR count). The third kappa shape index (κ3) is 2.10. The molecule has 2 N–H and O–H groups in total. The molecule has 5 nitrogen and oxygen atoms in total. The highest BCUT2D eigenvalue weighted by Gasteiger charge is 2.24. The Hall–Kier alpha value is -1.88. The topological polar surface area (TPSA) is 64.2 Å². The lowest BCUT2D eigenvalue weighted by Crippen LogP contribution is -2.29. The van der Waals surface area contributed by atoms with Gasteiger partial charge in [-0.15, -0.1) is 0 Å². The predicted octanol–water partition coefficient (Wildman–Crippen LogP) is 1.57. The lowest BCUT2D eigenvalue weighted by atomic mass is 9.92. The van der Waals surface area contributed by atoms with Crippen LogP contribution in [0.15, 0.2) is 18.2 Å². The number of piperidine rings is 1. The minimum absolute atomic E-state index is 0.398.